The van der Waals surface area contributed by atoms with E-state index in [-0.39, 0.29) is 6.42 Å². The lowest BCUT2D eigenvalue weighted by Crippen LogP contribution is -2.53. The highest BCUT2D eigenvalue weighted by Gasteiger charge is 2.30. The molecule has 0 aliphatic rings. The lowest BCUT2D eigenvalue weighted by atomic mass is 9.89. The third kappa shape index (κ3) is 6.44. The molecular weight excluding hydrogens is 450 g/mol. The maximum atomic E-state index is 13.5. The van der Waals surface area contributed by atoms with E-state index in [0.29, 0.717) is 18.5 Å². The molecule has 1 unspecified atom stereocenters. The van der Waals surface area contributed by atoms with Gasteiger partial charge in [0.1, 0.15) is 0 Å². The van der Waals surface area contributed by atoms with E-state index < -0.39 is 23.8 Å². The van der Waals surface area contributed by atoms with Gasteiger partial charge in [-0.1, -0.05) is 79.2 Å². The molecule has 0 spiro atoms. The molecule has 1 aromatic heterocycles. The molecule has 3 aromatic carbocycles. The van der Waals surface area contributed by atoms with Crippen LogP contribution >= 0.6 is 0 Å². The van der Waals surface area contributed by atoms with Crippen LogP contribution in [-0.2, 0) is 28.9 Å². The van der Waals surface area contributed by atoms with Crippen molar-refractivity contribution in [2.75, 3.05) is 0 Å². The van der Waals surface area contributed by atoms with Gasteiger partial charge in [-0.05, 0) is 47.6 Å². The number of aryl methyl sites for hydroxylation is 1. The fourth-order valence-corrected chi connectivity index (χ4v) is 4.62. The molecule has 2 atom stereocenters. The number of aromatic nitrogens is 2. The number of imide groups is 1. The van der Waals surface area contributed by atoms with Crippen molar-refractivity contribution in [3.05, 3.63) is 102 Å². The Balaban J connectivity index is 1.47. The van der Waals surface area contributed by atoms with Crippen molar-refractivity contribution in [2.45, 2.75) is 44.6 Å². The van der Waals surface area contributed by atoms with Crippen LogP contribution in [0.5, 0.6) is 0 Å². The van der Waals surface area contributed by atoms with Crippen LogP contribution < -0.4 is 11.6 Å². The molecule has 7 heteroatoms. The number of fused-ring (bicyclic) bond motifs is 1. The Kier molecular flexibility index (Phi) is 8.60. The van der Waals surface area contributed by atoms with E-state index in [1.165, 1.54) is 11.9 Å². The van der Waals surface area contributed by atoms with Gasteiger partial charge in [0, 0.05) is 24.2 Å². The van der Waals surface area contributed by atoms with Gasteiger partial charge >= 0.3 is 0 Å². The average molecular weight is 484 g/mol. The van der Waals surface area contributed by atoms with E-state index in [1.807, 2.05) is 42.5 Å². The molecule has 0 saturated heterocycles. The number of benzene rings is 3. The third-order valence-electron chi connectivity index (χ3n) is 6.59. The number of hydrazine groups is 1. The second-order valence-electron chi connectivity index (χ2n) is 9.20. The number of nitrogens with two attached hydrogens (primary N) is 2. The van der Waals surface area contributed by atoms with Gasteiger partial charge in [-0.15, -0.1) is 0 Å². The normalized spacial score (nSPS) is 12.8. The second kappa shape index (κ2) is 12.2. The number of hydrogen-bond donors (Lipinski definition) is 3. The monoisotopic (exact) mass is 483 g/mol. The number of carbonyl (C=O) groups excluding carboxylic acids is 2. The predicted molar refractivity (Wildman–Crippen MR) is 141 cm³/mol. The van der Waals surface area contributed by atoms with Gasteiger partial charge in [0.2, 0.25) is 5.91 Å². The number of H-pyrrole nitrogens is 1. The molecule has 186 valence electrons. The quantitative estimate of drug-likeness (QED) is 0.129. The lowest BCUT2D eigenvalue weighted by molar-refractivity contribution is -0.148. The first-order valence-corrected chi connectivity index (χ1v) is 12.4. The average Bonchev–Trinajstić information content (AvgIpc) is 3.43. The summed E-state index contributed by atoms with van der Waals surface area (Å²) in [5, 5.41) is 2.95. The molecule has 4 rings (SSSR count). The van der Waals surface area contributed by atoms with Gasteiger partial charge in [0.15, 0.2) is 0 Å². The zero-order chi connectivity index (χ0) is 25.3. The largest absolute Gasteiger partial charge is 0.348 e. The minimum Gasteiger partial charge on any atom is -0.348 e. The number of unbranched alkanes of at least 4 members (excludes halogenated alkanes) is 1. The number of amides is 2. The van der Waals surface area contributed by atoms with Crippen LogP contribution in [0.2, 0.25) is 0 Å². The van der Waals surface area contributed by atoms with Crippen molar-refractivity contribution in [2.24, 2.45) is 17.5 Å². The Labute approximate surface area is 211 Å². The summed E-state index contributed by atoms with van der Waals surface area (Å²) in [7, 11) is 0. The number of rotatable bonds is 11. The highest BCUT2D eigenvalue weighted by Crippen LogP contribution is 2.25. The zero-order valence-corrected chi connectivity index (χ0v) is 20.3. The smallest absolute Gasteiger partial charge is 0.260 e. The highest BCUT2D eigenvalue weighted by molar-refractivity contribution is 5.98. The number of nitrogens with one attached hydrogen (secondary N) is 1. The maximum Gasteiger partial charge on any atom is 0.260 e. The molecule has 5 N–H and O–H groups in total. The van der Waals surface area contributed by atoms with Gasteiger partial charge < -0.3 is 10.7 Å². The van der Waals surface area contributed by atoms with Crippen molar-refractivity contribution in [3.8, 4) is 0 Å². The Morgan fingerprint density at radius 2 is 1.64 bits per heavy atom. The fourth-order valence-electron chi connectivity index (χ4n) is 4.62. The number of nitrogens with zero attached hydrogens (tertiary/aromatic N) is 2. The Morgan fingerprint density at radius 3 is 2.42 bits per heavy atom. The lowest BCUT2D eigenvalue weighted by Gasteiger charge is -2.24. The van der Waals surface area contributed by atoms with Crippen LogP contribution in [0.4, 0.5) is 0 Å². The van der Waals surface area contributed by atoms with Crippen molar-refractivity contribution in [1.82, 2.24) is 15.0 Å². The van der Waals surface area contributed by atoms with E-state index in [9.17, 15) is 9.59 Å². The minimum absolute atomic E-state index is 0.227. The van der Waals surface area contributed by atoms with E-state index in [2.05, 4.69) is 40.3 Å². The van der Waals surface area contributed by atoms with Gasteiger partial charge in [0.05, 0.1) is 12.4 Å². The summed E-state index contributed by atoms with van der Waals surface area (Å²) >= 11 is 0. The summed E-state index contributed by atoms with van der Waals surface area (Å²) < 4.78 is 0. The molecule has 0 saturated carbocycles. The highest BCUT2D eigenvalue weighted by atomic mass is 16.2. The van der Waals surface area contributed by atoms with Gasteiger partial charge in [0.25, 0.3) is 5.91 Å². The summed E-state index contributed by atoms with van der Waals surface area (Å²) in [5.74, 6) is 4.66. The summed E-state index contributed by atoms with van der Waals surface area (Å²) in [6, 6.07) is 23.6. The maximum absolute atomic E-state index is 13.5. The second-order valence-corrected chi connectivity index (χ2v) is 9.20. The standard InChI is InChI=1S/C29H33N5O2/c30-27(18-25-19-32-20-33-25)29(36)34(31)28(35)24(13-5-4-11-21-9-2-1-3-10-21)17-23-15-8-14-22-12-6-7-16-26(22)23/h1-3,6-10,12,14-16,19-20,24,27H,4-5,11,13,17-18,30-31H2,(H,32,33)/t24?,27-/m0/s1. The molecule has 0 fully saturated rings. The molecule has 0 radical (unpaired) electrons. The molecule has 2 amide bonds. The van der Waals surface area contributed by atoms with Crippen LogP contribution in [0.15, 0.2) is 85.3 Å². The predicted octanol–water partition coefficient (Wildman–Crippen LogP) is 3.93. The number of carbonyl (C=O) groups is 2. The summed E-state index contributed by atoms with van der Waals surface area (Å²) in [6.07, 6.45) is 7.22. The van der Waals surface area contributed by atoms with E-state index in [4.69, 9.17) is 11.6 Å². The zero-order valence-electron chi connectivity index (χ0n) is 20.3. The first-order valence-electron chi connectivity index (χ1n) is 12.4. The van der Waals surface area contributed by atoms with Crippen LogP contribution in [0.3, 0.4) is 0 Å². The van der Waals surface area contributed by atoms with Crippen molar-refractivity contribution in [3.63, 3.8) is 0 Å². The molecule has 0 aliphatic heterocycles. The van der Waals surface area contributed by atoms with Crippen LogP contribution in [-0.4, -0.2) is 32.8 Å². The van der Waals surface area contributed by atoms with E-state index in [0.717, 1.165) is 40.6 Å². The van der Waals surface area contributed by atoms with E-state index >= 15 is 0 Å². The number of hydrogen-bond acceptors (Lipinski definition) is 5. The first kappa shape index (κ1) is 25.3. The molecule has 1 heterocycles. The van der Waals surface area contributed by atoms with Gasteiger partial charge in [-0.2, -0.15) is 0 Å². The minimum atomic E-state index is -0.935. The number of aromatic amines is 1. The molecule has 36 heavy (non-hydrogen) atoms. The third-order valence-corrected chi connectivity index (χ3v) is 6.59. The SMILES string of the molecule is N[C@@H](Cc1cnc[nH]1)C(=O)N(N)C(=O)C(CCCCc1ccccc1)Cc1cccc2ccccc12. The number of imidazole rings is 1. The van der Waals surface area contributed by atoms with Crippen molar-refractivity contribution in [1.29, 1.82) is 0 Å². The molecule has 0 bridgehead atoms. The van der Waals surface area contributed by atoms with Gasteiger partial charge in [-0.3, -0.25) is 9.59 Å². The topological polar surface area (TPSA) is 118 Å². The van der Waals surface area contributed by atoms with E-state index in [1.54, 1.807) is 6.20 Å². The Bertz CT molecular complexity index is 1270. The summed E-state index contributed by atoms with van der Waals surface area (Å²) in [6.45, 7) is 0. The molecule has 4 aromatic rings. The van der Waals surface area contributed by atoms with Crippen molar-refractivity contribution < 1.29 is 9.59 Å². The Morgan fingerprint density at radius 1 is 0.889 bits per heavy atom. The Hall–Kier alpha value is -3.81. The van der Waals surface area contributed by atoms with Crippen LogP contribution in [0.1, 0.15) is 36.1 Å². The van der Waals surface area contributed by atoms with Crippen LogP contribution in [0, 0.1) is 5.92 Å². The molecule has 0 aliphatic carbocycles. The van der Waals surface area contributed by atoms with Gasteiger partial charge in [-0.25, -0.2) is 15.8 Å². The summed E-state index contributed by atoms with van der Waals surface area (Å²) in [5.41, 5.74) is 9.14. The van der Waals surface area contributed by atoms with Crippen molar-refractivity contribution >= 4 is 22.6 Å². The molecular formula is C29H33N5O2. The van der Waals surface area contributed by atoms with Crippen LogP contribution in [0.25, 0.3) is 10.8 Å². The fraction of sp³-hybridized carbons (Fsp3) is 0.276. The first-order chi connectivity index (χ1) is 17.5. The summed E-state index contributed by atoms with van der Waals surface area (Å²) in [4.78, 5) is 33.3. The molecule has 7 nitrogen and oxygen atoms in total.